The molecule has 0 saturated heterocycles. The van der Waals surface area contributed by atoms with Crippen molar-refractivity contribution in [1.82, 2.24) is 10.2 Å². The topological polar surface area (TPSA) is 98.0 Å². The molecule has 0 atom stereocenters. The molecule has 0 fully saturated rings. The first-order valence-electron chi connectivity index (χ1n) is 4.72. The van der Waals surface area contributed by atoms with Gasteiger partial charge in [0.2, 0.25) is 15.2 Å². The molecule has 0 aliphatic heterocycles. The first-order valence-corrected chi connectivity index (χ1v) is 7.42. The maximum atomic E-state index is 13.5. The Kier molecular flexibility index (Phi) is 3.18. The van der Waals surface area contributed by atoms with Gasteiger partial charge in [-0.25, -0.2) is 12.8 Å². The van der Waals surface area contributed by atoms with Crippen molar-refractivity contribution >= 4 is 32.2 Å². The smallest absolute Gasteiger partial charge is 0.231 e. The summed E-state index contributed by atoms with van der Waals surface area (Å²) in [5.74, 6) is -0.494. The molecule has 0 amide bonds. The molecule has 18 heavy (non-hydrogen) atoms. The molecule has 0 bridgehead atoms. The Balaban J connectivity index is 2.38. The van der Waals surface area contributed by atoms with E-state index < -0.39 is 15.8 Å². The van der Waals surface area contributed by atoms with Crippen LogP contribution in [0.5, 0.6) is 0 Å². The van der Waals surface area contributed by atoms with E-state index in [1.165, 1.54) is 18.2 Å². The van der Waals surface area contributed by atoms with Gasteiger partial charge in [-0.1, -0.05) is 11.3 Å². The highest BCUT2D eigenvalue weighted by Crippen LogP contribution is 2.29. The lowest BCUT2D eigenvalue weighted by Gasteiger charge is -1.99. The van der Waals surface area contributed by atoms with Crippen LogP contribution < -0.4 is 10.5 Å². The van der Waals surface area contributed by atoms with Crippen LogP contribution in [0.4, 0.5) is 15.2 Å². The van der Waals surface area contributed by atoms with Crippen LogP contribution >= 0.6 is 11.3 Å². The van der Waals surface area contributed by atoms with Gasteiger partial charge < -0.3 is 5.73 Å². The zero-order chi connectivity index (χ0) is 13.3. The molecule has 2 rings (SSSR count). The average molecular weight is 288 g/mol. The van der Waals surface area contributed by atoms with Crippen molar-refractivity contribution in [3.8, 4) is 10.6 Å². The van der Waals surface area contributed by atoms with Crippen molar-refractivity contribution in [1.29, 1.82) is 0 Å². The van der Waals surface area contributed by atoms with Gasteiger partial charge in [-0.05, 0) is 18.2 Å². The van der Waals surface area contributed by atoms with E-state index in [1.54, 1.807) is 0 Å². The summed E-state index contributed by atoms with van der Waals surface area (Å²) < 4.78 is 37.7. The largest absolute Gasteiger partial charge is 0.399 e. The maximum absolute atomic E-state index is 13.5. The minimum atomic E-state index is -3.42. The van der Waals surface area contributed by atoms with E-state index in [1.807, 2.05) is 0 Å². The summed E-state index contributed by atoms with van der Waals surface area (Å²) in [6.07, 6.45) is 0.995. The number of aromatic nitrogens is 2. The summed E-state index contributed by atoms with van der Waals surface area (Å²) in [5, 5.41) is 7.67. The average Bonchev–Trinajstić information content (AvgIpc) is 2.67. The standard InChI is InChI=1S/C9H9FN4O2S2/c1-18(15,16)14-9-13-12-8(17-9)6-4-5(11)2-3-7(6)10/h2-4H,11H2,1H3,(H,13,14). The van der Waals surface area contributed by atoms with E-state index in [0.29, 0.717) is 5.69 Å². The number of halogens is 1. The van der Waals surface area contributed by atoms with Gasteiger partial charge in [0.05, 0.1) is 11.8 Å². The molecule has 0 saturated carbocycles. The van der Waals surface area contributed by atoms with Crippen LogP contribution in [0.3, 0.4) is 0 Å². The first-order chi connectivity index (χ1) is 8.35. The molecule has 1 aromatic carbocycles. The van der Waals surface area contributed by atoms with Crippen molar-refractivity contribution in [2.45, 2.75) is 0 Å². The predicted octanol–water partition coefficient (Wildman–Crippen LogP) is 1.30. The summed E-state index contributed by atoms with van der Waals surface area (Å²) in [5.41, 5.74) is 6.13. The molecule has 0 radical (unpaired) electrons. The third-order valence-electron chi connectivity index (χ3n) is 1.92. The van der Waals surface area contributed by atoms with Gasteiger partial charge in [0.1, 0.15) is 5.82 Å². The Bertz CT molecular complexity index is 684. The molecule has 6 nitrogen and oxygen atoms in total. The predicted molar refractivity (Wildman–Crippen MR) is 68.2 cm³/mol. The fourth-order valence-corrected chi connectivity index (χ4v) is 2.83. The molecule has 1 heterocycles. The highest BCUT2D eigenvalue weighted by molar-refractivity contribution is 7.92. The number of rotatable bonds is 3. The Morgan fingerprint density at radius 2 is 2.11 bits per heavy atom. The number of nitrogens with two attached hydrogens (primary N) is 1. The zero-order valence-electron chi connectivity index (χ0n) is 9.21. The van der Waals surface area contributed by atoms with E-state index in [4.69, 9.17) is 5.73 Å². The molecule has 2 aromatic rings. The third kappa shape index (κ3) is 2.93. The van der Waals surface area contributed by atoms with Gasteiger partial charge in [0.15, 0.2) is 5.01 Å². The highest BCUT2D eigenvalue weighted by Gasteiger charge is 2.13. The lowest BCUT2D eigenvalue weighted by molar-refractivity contribution is 0.606. The Morgan fingerprint density at radius 1 is 1.39 bits per heavy atom. The van der Waals surface area contributed by atoms with Crippen LogP contribution in [0, 0.1) is 5.82 Å². The molecule has 0 unspecified atom stereocenters. The van der Waals surface area contributed by atoms with Gasteiger partial charge >= 0.3 is 0 Å². The summed E-state index contributed by atoms with van der Waals surface area (Å²) in [7, 11) is -3.42. The molecule has 96 valence electrons. The minimum absolute atomic E-state index is 0.0781. The Hall–Kier alpha value is -1.74. The number of nitrogens with one attached hydrogen (secondary N) is 1. The normalized spacial score (nSPS) is 11.4. The molecule has 1 aromatic heterocycles. The lowest BCUT2D eigenvalue weighted by atomic mass is 10.2. The number of sulfonamides is 1. The number of nitrogen functional groups attached to an aromatic ring is 1. The maximum Gasteiger partial charge on any atom is 0.231 e. The van der Waals surface area contributed by atoms with Gasteiger partial charge in [-0.2, -0.15) is 0 Å². The lowest BCUT2D eigenvalue weighted by Crippen LogP contribution is -2.08. The molecule has 0 spiro atoms. The zero-order valence-corrected chi connectivity index (χ0v) is 10.8. The molecule has 0 aliphatic rings. The van der Waals surface area contributed by atoms with Crippen molar-refractivity contribution < 1.29 is 12.8 Å². The number of hydrogen-bond donors (Lipinski definition) is 2. The van der Waals surface area contributed by atoms with E-state index in [0.717, 1.165) is 17.6 Å². The molecule has 0 aliphatic carbocycles. The third-order valence-corrected chi connectivity index (χ3v) is 3.48. The van der Waals surface area contributed by atoms with Gasteiger partial charge in [0, 0.05) is 5.69 Å². The summed E-state index contributed by atoms with van der Waals surface area (Å²) in [4.78, 5) is 0. The first kappa shape index (κ1) is 12.7. The van der Waals surface area contributed by atoms with Crippen molar-refractivity contribution in [3.05, 3.63) is 24.0 Å². The second kappa shape index (κ2) is 4.50. The number of hydrogen-bond acceptors (Lipinski definition) is 6. The van der Waals surface area contributed by atoms with E-state index in [-0.39, 0.29) is 15.7 Å². The molecular formula is C9H9FN4O2S2. The van der Waals surface area contributed by atoms with Gasteiger partial charge in [0.25, 0.3) is 0 Å². The number of anilines is 2. The Labute approximate surface area is 107 Å². The Morgan fingerprint density at radius 3 is 2.78 bits per heavy atom. The fourth-order valence-electron chi connectivity index (χ4n) is 1.24. The molecule has 9 heteroatoms. The van der Waals surface area contributed by atoms with E-state index in [9.17, 15) is 12.8 Å². The van der Waals surface area contributed by atoms with Crippen LogP contribution in [-0.4, -0.2) is 24.9 Å². The van der Waals surface area contributed by atoms with Gasteiger partial charge in [-0.15, -0.1) is 10.2 Å². The van der Waals surface area contributed by atoms with Crippen LogP contribution in [0.1, 0.15) is 0 Å². The van der Waals surface area contributed by atoms with E-state index in [2.05, 4.69) is 14.9 Å². The highest BCUT2D eigenvalue weighted by atomic mass is 32.2. The quantitative estimate of drug-likeness (QED) is 0.829. The number of nitrogens with zero attached hydrogens (tertiary/aromatic N) is 2. The molecular weight excluding hydrogens is 279 g/mol. The second-order valence-electron chi connectivity index (χ2n) is 3.53. The van der Waals surface area contributed by atoms with Crippen molar-refractivity contribution in [2.24, 2.45) is 0 Å². The minimum Gasteiger partial charge on any atom is -0.399 e. The van der Waals surface area contributed by atoms with Crippen molar-refractivity contribution in [3.63, 3.8) is 0 Å². The van der Waals surface area contributed by atoms with Crippen LogP contribution in [0.25, 0.3) is 10.6 Å². The second-order valence-corrected chi connectivity index (χ2v) is 6.25. The summed E-state index contributed by atoms with van der Waals surface area (Å²) >= 11 is 0.928. The van der Waals surface area contributed by atoms with E-state index >= 15 is 0 Å². The monoisotopic (exact) mass is 288 g/mol. The summed E-state index contributed by atoms with van der Waals surface area (Å²) in [6.45, 7) is 0. The van der Waals surface area contributed by atoms with Crippen molar-refractivity contribution in [2.75, 3.05) is 16.7 Å². The van der Waals surface area contributed by atoms with Gasteiger partial charge in [-0.3, -0.25) is 4.72 Å². The summed E-state index contributed by atoms with van der Waals surface area (Å²) in [6, 6.07) is 4.06. The van der Waals surface area contributed by atoms with Crippen LogP contribution in [0.15, 0.2) is 18.2 Å². The van der Waals surface area contributed by atoms with Crippen LogP contribution in [-0.2, 0) is 10.0 Å². The molecule has 3 N–H and O–H groups in total. The fraction of sp³-hybridized carbons (Fsp3) is 0.111. The number of benzene rings is 1. The SMILES string of the molecule is CS(=O)(=O)Nc1nnc(-c2cc(N)ccc2F)s1. The van der Waals surface area contributed by atoms with Crippen LogP contribution in [0.2, 0.25) is 0 Å².